The monoisotopic (exact) mass is 422 g/mol. The van der Waals surface area contributed by atoms with Gasteiger partial charge in [-0.15, -0.1) is 0 Å². The minimum atomic E-state index is -0.856. The van der Waals surface area contributed by atoms with Crippen LogP contribution >= 0.6 is 0 Å². The maximum atomic E-state index is 12.3. The highest BCUT2D eigenvalue weighted by Gasteiger charge is 2.28. The molecular formula is C20H37N5O4. The van der Waals surface area contributed by atoms with Crippen LogP contribution in [0.2, 0.25) is 0 Å². The molecular weight excluding hydrogens is 385 g/mol. The van der Waals surface area contributed by atoms with E-state index in [1.807, 2.05) is 0 Å². The number of nitrogens with one attached hydrogen (secondary N) is 2. The van der Waals surface area contributed by atoms with Crippen molar-refractivity contribution < 1.29 is 19.5 Å². The standard InChI is InChI=1S/C20H37N5O4/c1-23-11-13-24(14-12-23)15-17-5-4-10-25(17)16-19(27)22-8-2-6-18(26)21-9-3-7-20(28)29/h17H,2-16H2,1H3,(H,21,26)(H,22,27)(H,28,29)/i4+1,5+1,7+1,10+1,11+1,13+1,15+1,16+1,17+1,22+1,25+1. The third kappa shape index (κ3) is 9.56. The molecule has 2 saturated heterocycles. The molecule has 0 saturated carbocycles. The first-order chi connectivity index (χ1) is 13.9. The van der Waals surface area contributed by atoms with Crippen molar-refractivity contribution in [2.45, 2.75) is 44.6 Å². The number of likely N-dealkylation sites (N-methyl/N-ethyl adjacent to an activating group) is 1. The first-order valence-corrected chi connectivity index (χ1v) is 10.8. The molecule has 0 spiro atoms. The van der Waals surface area contributed by atoms with E-state index >= 15 is 0 Å². The lowest BCUT2D eigenvalue weighted by atomic mass is 10.3. The molecule has 3 N–H and O–H groups in total. The van der Waals surface area contributed by atoms with Crippen LogP contribution in [0.3, 0.4) is 0 Å². The van der Waals surface area contributed by atoms with E-state index in [0.29, 0.717) is 44.9 Å². The van der Waals surface area contributed by atoms with Crippen molar-refractivity contribution in [3.63, 3.8) is 0 Å². The average Bonchev–Trinajstić information content (AvgIpc) is 3.10. The Labute approximate surface area is 173 Å². The van der Waals surface area contributed by atoms with Crippen molar-refractivity contribution >= 4 is 17.8 Å². The van der Waals surface area contributed by atoms with Crippen molar-refractivity contribution in [3.8, 4) is 0 Å². The van der Waals surface area contributed by atoms with E-state index in [1.54, 1.807) is 0 Å². The van der Waals surface area contributed by atoms with Gasteiger partial charge in [0.15, 0.2) is 0 Å². The number of nitrogens with zero attached hydrogens (tertiary/aromatic N) is 3. The Morgan fingerprint density at radius 2 is 1.59 bits per heavy atom. The van der Waals surface area contributed by atoms with Crippen LogP contribution in [0.1, 0.15) is 38.5 Å². The largest absolute Gasteiger partial charge is 0.481 e. The van der Waals surface area contributed by atoms with Crippen molar-refractivity contribution in [1.82, 2.24) is 25.3 Å². The van der Waals surface area contributed by atoms with Crippen LogP contribution in [0.4, 0.5) is 0 Å². The molecule has 1 atom stereocenters. The number of carboxylic acids is 1. The molecule has 2 amide bonds. The van der Waals surface area contributed by atoms with Crippen LogP contribution in [0, 0.1) is 0 Å². The highest BCUT2D eigenvalue weighted by atomic mass is 16.4. The predicted octanol–water partition coefficient (Wildman–Crippen LogP) is -0.424. The fourth-order valence-electron chi connectivity index (χ4n) is 3.91. The number of likely N-dealkylation sites (tertiary alicyclic amines) is 1. The molecule has 2 aliphatic rings. The molecule has 2 heterocycles. The Morgan fingerprint density at radius 3 is 2.28 bits per heavy atom. The number of rotatable bonds is 12. The summed E-state index contributed by atoms with van der Waals surface area (Å²) in [6.45, 7) is 7.74. The van der Waals surface area contributed by atoms with Crippen molar-refractivity contribution in [2.24, 2.45) is 0 Å². The molecule has 2 aliphatic heterocycles. The minimum absolute atomic E-state index is 0.0251. The summed E-state index contributed by atoms with van der Waals surface area (Å²) in [5.74, 6) is -0.931. The smallest absolute Gasteiger partial charge is 0.303 e. The van der Waals surface area contributed by atoms with Crippen molar-refractivity contribution in [2.75, 3.05) is 66.0 Å². The summed E-state index contributed by atoms with van der Waals surface area (Å²) < 4.78 is 0. The Hall–Kier alpha value is -1.71. The summed E-state index contributed by atoms with van der Waals surface area (Å²) in [7, 11) is 2.16. The third-order valence-corrected chi connectivity index (χ3v) is 5.70. The van der Waals surface area contributed by atoms with E-state index in [1.165, 1.54) is 0 Å². The van der Waals surface area contributed by atoms with Crippen LogP contribution in [0.5, 0.6) is 0 Å². The number of hydrogen-bond acceptors (Lipinski definition) is 6. The van der Waals surface area contributed by atoms with E-state index in [0.717, 1.165) is 52.1 Å². The van der Waals surface area contributed by atoms with Gasteiger partial charge < -0.3 is 20.6 Å². The normalized spacial score (nSPS) is 21.2. The van der Waals surface area contributed by atoms with Gasteiger partial charge in [-0.1, -0.05) is 0 Å². The lowest BCUT2D eigenvalue weighted by Gasteiger charge is -2.36. The van der Waals surface area contributed by atoms with Crippen LogP contribution in [0.25, 0.3) is 0 Å². The Balaban J connectivity index is 1.55. The molecule has 0 radical (unpaired) electrons. The Kier molecular flexibility index (Phi) is 10.4. The second kappa shape index (κ2) is 12.8. The molecule has 0 aliphatic carbocycles. The van der Waals surface area contributed by atoms with Crippen molar-refractivity contribution in [1.29, 1.82) is 0 Å². The van der Waals surface area contributed by atoms with Crippen LogP contribution in [0.15, 0.2) is 0 Å². The lowest BCUT2D eigenvalue weighted by molar-refractivity contribution is -0.137. The second-order valence-corrected chi connectivity index (χ2v) is 8.17. The topological polar surface area (TPSA) is 105 Å². The molecule has 29 heavy (non-hydrogen) atoms. The molecule has 2 fully saturated rings. The zero-order valence-electron chi connectivity index (χ0n) is 17.7. The maximum absolute atomic E-state index is 12.3. The first-order valence-electron chi connectivity index (χ1n) is 10.8. The zero-order valence-corrected chi connectivity index (χ0v) is 17.7. The van der Waals surface area contributed by atoms with E-state index in [2.05, 4.69) is 32.4 Å². The minimum Gasteiger partial charge on any atom is -0.481 e. The molecule has 9 nitrogen and oxygen atoms in total. The van der Waals surface area contributed by atoms with Gasteiger partial charge >= 0.3 is 5.97 Å². The highest BCUT2D eigenvalue weighted by molar-refractivity contribution is 5.78. The molecule has 0 aromatic carbocycles. The first kappa shape index (κ1) is 23.6. The predicted molar refractivity (Wildman–Crippen MR) is 111 cm³/mol. The number of carbonyl (C=O) groups is 3. The summed E-state index contributed by atoms with van der Waals surface area (Å²) in [6.07, 6.45) is 3.71. The number of hydrogen-bond donors (Lipinski definition) is 3. The molecule has 0 bridgehead atoms. The fourth-order valence-corrected chi connectivity index (χ4v) is 3.91. The Morgan fingerprint density at radius 1 is 0.931 bits per heavy atom. The van der Waals surface area contributed by atoms with Gasteiger partial charge in [-0.3, -0.25) is 24.2 Å². The third-order valence-electron chi connectivity index (χ3n) is 5.70. The Bertz CT molecular complexity index is 537. The SMILES string of the molecule is CN1CCN([13CH2][13CH]2[13CH2][13CH2][13CH2][15N]2[13CH2]C(=O)[15NH]CCCC(=O)NCC[13CH2]C(=O)O)[13CH2][13CH2]1. The maximum Gasteiger partial charge on any atom is 0.303 e. The molecule has 166 valence electrons. The van der Waals surface area contributed by atoms with Gasteiger partial charge in [0, 0.05) is 64.7 Å². The molecule has 0 aromatic rings. The number of carbonyl (C=O) groups excluding carboxylic acids is 2. The van der Waals surface area contributed by atoms with E-state index in [-0.39, 0.29) is 18.2 Å². The summed E-state index contributed by atoms with van der Waals surface area (Å²) in [5, 5.41) is 14.2. The van der Waals surface area contributed by atoms with E-state index in [4.69, 9.17) is 5.11 Å². The lowest BCUT2D eigenvalue weighted by Crippen LogP contribution is -2.50. The number of carboxylic acid groups (broad SMARTS) is 1. The van der Waals surface area contributed by atoms with Gasteiger partial charge in [0.2, 0.25) is 11.8 Å². The molecule has 2 rings (SSSR count). The van der Waals surface area contributed by atoms with E-state index in [9.17, 15) is 14.4 Å². The molecule has 0 aromatic heterocycles. The van der Waals surface area contributed by atoms with Gasteiger partial charge in [-0.25, -0.2) is 0 Å². The summed E-state index contributed by atoms with van der Waals surface area (Å²) in [4.78, 5) is 41.5. The van der Waals surface area contributed by atoms with Crippen molar-refractivity contribution in [3.05, 3.63) is 0 Å². The van der Waals surface area contributed by atoms with Gasteiger partial charge in [-0.2, -0.15) is 0 Å². The van der Waals surface area contributed by atoms with Gasteiger partial charge in [0.1, 0.15) is 0 Å². The molecule has 9 heteroatoms. The number of amides is 2. The number of aliphatic carboxylic acids is 1. The van der Waals surface area contributed by atoms with Gasteiger partial charge in [0.05, 0.1) is 6.54 Å². The van der Waals surface area contributed by atoms with Crippen LogP contribution in [-0.2, 0) is 14.4 Å². The molecule has 1 unspecified atom stereocenters. The highest BCUT2D eigenvalue weighted by Crippen LogP contribution is 2.18. The van der Waals surface area contributed by atoms with Crippen LogP contribution in [-0.4, -0.2) is 110 Å². The summed E-state index contributed by atoms with van der Waals surface area (Å²) >= 11 is 0. The second-order valence-electron chi connectivity index (χ2n) is 8.17. The summed E-state index contributed by atoms with van der Waals surface area (Å²) in [6, 6.07) is 0.459. The van der Waals surface area contributed by atoms with Gasteiger partial charge in [0.25, 0.3) is 0 Å². The van der Waals surface area contributed by atoms with Crippen LogP contribution < -0.4 is 10.6 Å². The average molecular weight is 422 g/mol. The summed E-state index contributed by atoms with van der Waals surface area (Å²) in [5.41, 5.74) is 0. The quantitative estimate of drug-likeness (QED) is 0.223. The zero-order chi connectivity index (χ0) is 21.1. The van der Waals surface area contributed by atoms with Gasteiger partial charge in [-0.05, 0) is 39.3 Å². The fraction of sp³-hybridized carbons (Fsp3) is 0.850. The number of piperazine rings is 1. The van der Waals surface area contributed by atoms with E-state index < -0.39 is 5.97 Å².